The van der Waals surface area contributed by atoms with Gasteiger partial charge in [-0.05, 0) is 43.4 Å². The topological polar surface area (TPSA) is 106 Å². The zero-order chi connectivity index (χ0) is 22.7. The summed E-state index contributed by atoms with van der Waals surface area (Å²) in [7, 11) is 1.61. The summed E-state index contributed by atoms with van der Waals surface area (Å²) in [4.78, 5) is 34.7. The highest BCUT2D eigenvalue weighted by atomic mass is 35.5. The number of aryl methyl sites for hydroxylation is 2. The number of ether oxygens (including phenoxy) is 1. The third-order valence-corrected chi connectivity index (χ3v) is 6.37. The number of alkyl halides is 1. The van der Waals surface area contributed by atoms with E-state index in [-0.39, 0.29) is 28.6 Å². The molecule has 0 radical (unpaired) electrons. The second-order valence-corrected chi connectivity index (χ2v) is 8.50. The number of nitrogens with one attached hydrogen (secondary N) is 1. The molecule has 1 amide bonds. The molecule has 1 aromatic carbocycles. The summed E-state index contributed by atoms with van der Waals surface area (Å²) in [5.41, 5.74) is 1.17. The van der Waals surface area contributed by atoms with Crippen molar-refractivity contribution in [3.05, 3.63) is 58.8 Å². The van der Waals surface area contributed by atoms with E-state index in [9.17, 15) is 14.7 Å². The monoisotopic (exact) mass is 456 g/mol. The van der Waals surface area contributed by atoms with Gasteiger partial charge in [-0.2, -0.15) is 0 Å². The molecule has 0 aliphatic heterocycles. The smallest absolute Gasteiger partial charge is 0.264 e. The number of methoxy groups -OCH3 is 1. The number of carbonyl (C=O) groups excluding carboxylic acids is 1. The van der Waals surface area contributed by atoms with Crippen molar-refractivity contribution in [2.75, 3.05) is 12.4 Å². The number of fused-ring (bicyclic) bond motifs is 1. The molecule has 3 atom stereocenters. The van der Waals surface area contributed by atoms with Crippen LogP contribution in [0.2, 0.25) is 0 Å². The van der Waals surface area contributed by atoms with Crippen LogP contribution in [-0.4, -0.2) is 44.1 Å². The van der Waals surface area contributed by atoms with Gasteiger partial charge in [-0.3, -0.25) is 14.2 Å². The number of aliphatic hydroxyl groups is 1. The molecule has 2 heterocycles. The highest BCUT2D eigenvalue weighted by Crippen LogP contribution is 2.29. The number of aliphatic hydroxyl groups excluding tert-OH is 1. The molecule has 2 N–H and O–H groups in total. The molecule has 4 rings (SSSR count). The Bertz CT molecular complexity index is 1180. The van der Waals surface area contributed by atoms with Crippen LogP contribution in [0.1, 0.15) is 24.8 Å². The fourth-order valence-electron chi connectivity index (χ4n) is 4.06. The molecule has 9 heteroatoms. The van der Waals surface area contributed by atoms with Crippen LogP contribution in [0.3, 0.4) is 0 Å². The lowest BCUT2D eigenvalue weighted by Gasteiger charge is -2.28. The van der Waals surface area contributed by atoms with Gasteiger partial charge in [-0.25, -0.2) is 9.97 Å². The van der Waals surface area contributed by atoms with E-state index in [0.717, 1.165) is 11.3 Å². The maximum absolute atomic E-state index is 13.2. The molecule has 1 fully saturated rings. The number of hydrogen-bond donors (Lipinski definition) is 2. The van der Waals surface area contributed by atoms with Crippen molar-refractivity contribution in [2.45, 2.75) is 43.7 Å². The summed E-state index contributed by atoms with van der Waals surface area (Å²) in [6.45, 7) is 0.402. The van der Waals surface area contributed by atoms with E-state index in [2.05, 4.69) is 15.3 Å². The summed E-state index contributed by atoms with van der Waals surface area (Å²) in [6.07, 6.45) is 4.37. The lowest BCUT2D eigenvalue weighted by atomic mass is 9.86. The SMILES string of the molecule is COc1ccccc1CCn1cnc2ccnc(NC(=O)C3CCC(O)C(Cl)C3)c2c1=O. The van der Waals surface area contributed by atoms with Crippen LogP contribution in [-0.2, 0) is 17.8 Å². The largest absolute Gasteiger partial charge is 0.496 e. The molecule has 3 unspecified atom stereocenters. The van der Waals surface area contributed by atoms with Gasteiger partial charge in [0.1, 0.15) is 17.0 Å². The first-order chi connectivity index (χ1) is 15.5. The maximum Gasteiger partial charge on any atom is 0.264 e. The van der Waals surface area contributed by atoms with Gasteiger partial charge in [0.2, 0.25) is 5.91 Å². The Morgan fingerprint density at radius 3 is 2.88 bits per heavy atom. The Labute approximate surface area is 190 Å². The van der Waals surface area contributed by atoms with Gasteiger partial charge in [-0.1, -0.05) is 18.2 Å². The van der Waals surface area contributed by atoms with Crippen LogP contribution in [0.15, 0.2) is 47.7 Å². The quantitative estimate of drug-likeness (QED) is 0.552. The number of anilines is 1. The fourth-order valence-corrected chi connectivity index (χ4v) is 4.40. The van der Waals surface area contributed by atoms with Gasteiger partial charge >= 0.3 is 0 Å². The number of para-hydroxylation sites is 1. The van der Waals surface area contributed by atoms with Crippen molar-refractivity contribution in [1.82, 2.24) is 14.5 Å². The van der Waals surface area contributed by atoms with Crippen molar-refractivity contribution in [3.63, 3.8) is 0 Å². The molecule has 1 aliphatic rings. The zero-order valence-corrected chi connectivity index (χ0v) is 18.5. The van der Waals surface area contributed by atoms with E-state index in [4.69, 9.17) is 16.3 Å². The van der Waals surface area contributed by atoms with Crippen LogP contribution < -0.4 is 15.6 Å². The van der Waals surface area contributed by atoms with Crippen molar-refractivity contribution in [3.8, 4) is 5.75 Å². The number of amides is 1. The molecule has 32 heavy (non-hydrogen) atoms. The predicted octanol–water partition coefficient (Wildman–Crippen LogP) is 2.75. The number of hydrogen-bond acceptors (Lipinski definition) is 6. The zero-order valence-electron chi connectivity index (χ0n) is 17.7. The second-order valence-electron chi connectivity index (χ2n) is 7.94. The molecule has 8 nitrogen and oxygen atoms in total. The van der Waals surface area contributed by atoms with Crippen LogP contribution in [0.25, 0.3) is 10.9 Å². The predicted molar refractivity (Wildman–Crippen MR) is 122 cm³/mol. The Kier molecular flexibility index (Phi) is 6.72. The Morgan fingerprint density at radius 1 is 1.28 bits per heavy atom. The Balaban J connectivity index is 1.58. The molecule has 1 saturated carbocycles. The summed E-state index contributed by atoms with van der Waals surface area (Å²) in [5, 5.41) is 12.4. The molecule has 0 saturated heterocycles. The average Bonchev–Trinajstić information content (AvgIpc) is 2.80. The second kappa shape index (κ2) is 9.67. The Hall–Kier alpha value is -2.97. The van der Waals surface area contributed by atoms with E-state index in [1.807, 2.05) is 24.3 Å². The molecule has 0 spiro atoms. The minimum absolute atomic E-state index is 0.189. The van der Waals surface area contributed by atoms with Gasteiger partial charge in [-0.15, -0.1) is 11.6 Å². The van der Waals surface area contributed by atoms with Crippen molar-refractivity contribution < 1.29 is 14.6 Å². The molecule has 2 aromatic heterocycles. The van der Waals surface area contributed by atoms with E-state index >= 15 is 0 Å². The van der Waals surface area contributed by atoms with Gasteiger partial charge in [0.25, 0.3) is 5.56 Å². The molecule has 3 aromatic rings. The van der Waals surface area contributed by atoms with Crippen LogP contribution in [0.4, 0.5) is 5.82 Å². The maximum atomic E-state index is 13.2. The van der Waals surface area contributed by atoms with Crippen molar-refractivity contribution in [1.29, 1.82) is 0 Å². The third kappa shape index (κ3) is 4.61. The molecule has 0 bridgehead atoms. The fraction of sp³-hybridized carbons (Fsp3) is 0.391. The summed E-state index contributed by atoms with van der Waals surface area (Å²) in [5.74, 6) is 0.349. The minimum atomic E-state index is -0.601. The lowest BCUT2D eigenvalue weighted by molar-refractivity contribution is -0.121. The van der Waals surface area contributed by atoms with Gasteiger partial charge < -0.3 is 15.2 Å². The van der Waals surface area contributed by atoms with Gasteiger partial charge in [0.05, 0.1) is 30.4 Å². The number of nitrogens with zero attached hydrogens (tertiary/aromatic N) is 3. The molecule has 1 aliphatic carbocycles. The van der Waals surface area contributed by atoms with Crippen molar-refractivity contribution >= 4 is 34.2 Å². The standard InChI is InChI=1S/C23H25ClN4O4/c1-32-19-5-3-2-4-14(19)9-11-28-13-26-17-8-10-25-21(20(17)23(28)31)27-22(30)15-6-7-18(29)16(24)12-15/h2-5,8,10,13,15-16,18,29H,6-7,9,11-12H2,1H3,(H,25,27,30). The number of rotatable bonds is 6. The van der Waals surface area contributed by atoms with Crippen LogP contribution in [0, 0.1) is 5.92 Å². The number of pyridine rings is 1. The lowest BCUT2D eigenvalue weighted by Crippen LogP contribution is -2.36. The molecular weight excluding hydrogens is 432 g/mol. The first kappa shape index (κ1) is 22.2. The van der Waals surface area contributed by atoms with Crippen LogP contribution in [0.5, 0.6) is 5.75 Å². The normalized spacial score (nSPS) is 20.8. The van der Waals surface area contributed by atoms with Gasteiger partial charge in [0.15, 0.2) is 0 Å². The first-order valence-electron chi connectivity index (χ1n) is 10.6. The summed E-state index contributed by atoms with van der Waals surface area (Å²) in [6, 6.07) is 9.29. The van der Waals surface area contributed by atoms with E-state index < -0.39 is 11.5 Å². The average molecular weight is 457 g/mol. The first-order valence-corrected chi connectivity index (χ1v) is 11.0. The van der Waals surface area contributed by atoms with E-state index in [0.29, 0.717) is 37.7 Å². The Morgan fingerprint density at radius 2 is 2.09 bits per heavy atom. The van der Waals surface area contributed by atoms with Gasteiger partial charge in [0, 0.05) is 18.7 Å². The number of benzene rings is 1. The minimum Gasteiger partial charge on any atom is -0.496 e. The number of carbonyl (C=O) groups is 1. The third-order valence-electron chi connectivity index (χ3n) is 5.90. The summed E-state index contributed by atoms with van der Waals surface area (Å²) < 4.78 is 6.90. The number of halogens is 1. The van der Waals surface area contributed by atoms with E-state index in [1.165, 1.54) is 17.1 Å². The summed E-state index contributed by atoms with van der Waals surface area (Å²) >= 11 is 6.14. The number of aromatic nitrogens is 3. The molecular formula is C23H25ClN4O4. The van der Waals surface area contributed by atoms with Crippen LogP contribution >= 0.6 is 11.6 Å². The van der Waals surface area contributed by atoms with Crippen molar-refractivity contribution in [2.24, 2.45) is 5.92 Å². The highest BCUT2D eigenvalue weighted by molar-refractivity contribution is 6.21. The highest BCUT2D eigenvalue weighted by Gasteiger charge is 2.32. The molecule has 168 valence electrons. The van der Waals surface area contributed by atoms with E-state index in [1.54, 1.807) is 13.2 Å².